The van der Waals surface area contributed by atoms with Gasteiger partial charge in [0.25, 0.3) is 0 Å². The highest BCUT2D eigenvalue weighted by atomic mass is 16.5. The number of imidazole rings is 1. The number of ether oxygens (including phenoxy) is 1. The minimum absolute atomic E-state index is 0.440. The molecular weight excluding hydrogens is 202 g/mol. The van der Waals surface area contributed by atoms with Gasteiger partial charge in [-0.1, -0.05) is 6.08 Å². The van der Waals surface area contributed by atoms with E-state index in [4.69, 9.17) is 4.74 Å². The van der Waals surface area contributed by atoms with Crippen LogP contribution in [-0.2, 0) is 11.3 Å². The van der Waals surface area contributed by atoms with Crippen LogP contribution in [-0.4, -0.2) is 28.8 Å². The molecule has 1 fully saturated rings. The second-order valence-electron chi connectivity index (χ2n) is 4.04. The lowest BCUT2D eigenvalue weighted by Crippen LogP contribution is -2.14. The third-order valence-corrected chi connectivity index (χ3v) is 2.81. The van der Waals surface area contributed by atoms with Crippen LogP contribution in [0.3, 0.4) is 0 Å². The summed E-state index contributed by atoms with van der Waals surface area (Å²) in [5, 5.41) is 3.33. The van der Waals surface area contributed by atoms with Crippen LogP contribution in [0.1, 0.15) is 19.3 Å². The zero-order valence-corrected chi connectivity index (χ0v) is 9.56. The predicted molar refractivity (Wildman–Crippen MR) is 64.5 cm³/mol. The van der Waals surface area contributed by atoms with Crippen molar-refractivity contribution in [2.45, 2.75) is 31.9 Å². The molecule has 2 heterocycles. The molecule has 0 bridgehead atoms. The highest BCUT2D eigenvalue weighted by Gasteiger charge is 2.14. The number of aromatic nitrogens is 2. The van der Waals surface area contributed by atoms with Crippen molar-refractivity contribution in [2.75, 3.05) is 18.5 Å². The Labute approximate surface area is 96.3 Å². The Morgan fingerprint density at radius 2 is 2.62 bits per heavy atom. The molecule has 0 amide bonds. The molecule has 4 heteroatoms. The molecule has 16 heavy (non-hydrogen) atoms. The van der Waals surface area contributed by atoms with Gasteiger partial charge in [-0.25, -0.2) is 4.98 Å². The Bertz CT molecular complexity index is 329. The average Bonchev–Trinajstić information content (AvgIpc) is 2.91. The summed E-state index contributed by atoms with van der Waals surface area (Å²) in [6, 6.07) is 0. The number of hydrogen-bond acceptors (Lipinski definition) is 3. The number of rotatable bonds is 6. The Kier molecular flexibility index (Phi) is 3.99. The Morgan fingerprint density at radius 3 is 3.38 bits per heavy atom. The monoisotopic (exact) mass is 221 g/mol. The summed E-state index contributed by atoms with van der Waals surface area (Å²) in [5.41, 5.74) is 0. The number of nitrogens with one attached hydrogen (secondary N) is 1. The van der Waals surface area contributed by atoms with Crippen LogP contribution >= 0.6 is 0 Å². The fourth-order valence-corrected chi connectivity index (χ4v) is 1.98. The fraction of sp³-hybridized carbons (Fsp3) is 0.583. The molecule has 1 N–H and O–H groups in total. The molecule has 4 nitrogen and oxygen atoms in total. The SMILES string of the molecule is C=CCn1ccnc1NCCC1CCCO1. The van der Waals surface area contributed by atoms with Gasteiger partial charge in [-0.05, 0) is 19.3 Å². The number of anilines is 1. The van der Waals surface area contributed by atoms with Gasteiger partial charge in [-0.15, -0.1) is 6.58 Å². The molecule has 0 aliphatic carbocycles. The van der Waals surface area contributed by atoms with E-state index in [0.717, 1.165) is 32.1 Å². The first-order valence-electron chi connectivity index (χ1n) is 5.87. The first-order chi connectivity index (χ1) is 7.90. The third kappa shape index (κ3) is 2.85. The average molecular weight is 221 g/mol. The summed E-state index contributed by atoms with van der Waals surface area (Å²) in [5.74, 6) is 0.915. The van der Waals surface area contributed by atoms with Gasteiger partial charge in [0.05, 0.1) is 6.10 Å². The van der Waals surface area contributed by atoms with Gasteiger partial charge >= 0.3 is 0 Å². The van der Waals surface area contributed by atoms with Crippen molar-refractivity contribution in [2.24, 2.45) is 0 Å². The van der Waals surface area contributed by atoms with Gasteiger partial charge in [-0.2, -0.15) is 0 Å². The van der Waals surface area contributed by atoms with E-state index in [2.05, 4.69) is 16.9 Å². The molecule has 0 radical (unpaired) electrons. The lowest BCUT2D eigenvalue weighted by atomic mass is 10.2. The van der Waals surface area contributed by atoms with Crippen LogP contribution in [0.5, 0.6) is 0 Å². The largest absolute Gasteiger partial charge is 0.378 e. The van der Waals surface area contributed by atoms with E-state index in [1.54, 1.807) is 6.20 Å². The van der Waals surface area contributed by atoms with Crippen molar-refractivity contribution in [3.05, 3.63) is 25.0 Å². The first kappa shape index (κ1) is 11.2. The van der Waals surface area contributed by atoms with Crippen molar-refractivity contribution in [3.63, 3.8) is 0 Å². The van der Waals surface area contributed by atoms with Crippen molar-refractivity contribution in [1.29, 1.82) is 0 Å². The maximum atomic E-state index is 5.57. The van der Waals surface area contributed by atoms with E-state index in [1.165, 1.54) is 12.8 Å². The molecule has 88 valence electrons. The molecule has 0 aromatic carbocycles. The van der Waals surface area contributed by atoms with Crippen LogP contribution in [0.25, 0.3) is 0 Å². The minimum Gasteiger partial charge on any atom is -0.378 e. The number of nitrogens with zero attached hydrogens (tertiary/aromatic N) is 2. The maximum Gasteiger partial charge on any atom is 0.203 e. The summed E-state index contributed by atoms with van der Waals surface area (Å²) in [6.07, 6.45) is 9.52. The Morgan fingerprint density at radius 1 is 1.69 bits per heavy atom. The maximum absolute atomic E-state index is 5.57. The summed E-state index contributed by atoms with van der Waals surface area (Å²) in [7, 11) is 0. The molecule has 2 rings (SSSR count). The van der Waals surface area contributed by atoms with Crippen LogP contribution in [0.2, 0.25) is 0 Å². The van der Waals surface area contributed by atoms with Gasteiger partial charge in [0.1, 0.15) is 0 Å². The van der Waals surface area contributed by atoms with Gasteiger partial charge in [-0.3, -0.25) is 0 Å². The van der Waals surface area contributed by atoms with E-state index in [1.807, 2.05) is 16.8 Å². The molecular formula is C12H19N3O. The highest BCUT2D eigenvalue weighted by molar-refractivity contribution is 5.25. The lowest BCUT2D eigenvalue weighted by Gasteiger charge is -2.11. The van der Waals surface area contributed by atoms with Gasteiger partial charge in [0.15, 0.2) is 0 Å². The molecule has 1 atom stereocenters. The van der Waals surface area contributed by atoms with Crippen LogP contribution < -0.4 is 5.32 Å². The van der Waals surface area contributed by atoms with Crippen LogP contribution in [0.4, 0.5) is 5.95 Å². The van der Waals surface area contributed by atoms with E-state index in [0.29, 0.717) is 6.10 Å². The van der Waals surface area contributed by atoms with E-state index >= 15 is 0 Å². The standard InChI is InChI=1S/C12H19N3O/c1-2-8-15-9-7-14-12(15)13-6-5-11-4-3-10-16-11/h2,7,9,11H,1,3-6,8,10H2,(H,13,14). The molecule has 1 aromatic rings. The van der Waals surface area contributed by atoms with Crippen molar-refractivity contribution in [3.8, 4) is 0 Å². The summed E-state index contributed by atoms with van der Waals surface area (Å²) in [4.78, 5) is 4.26. The van der Waals surface area contributed by atoms with E-state index in [9.17, 15) is 0 Å². The van der Waals surface area contributed by atoms with Gasteiger partial charge in [0, 0.05) is 32.1 Å². The molecule has 1 aliphatic rings. The van der Waals surface area contributed by atoms with Crippen LogP contribution in [0, 0.1) is 0 Å². The lowest BCUT2D eigenvalue weighted by molar-refractivity contribution is 0.107. The normalized spacial score (nSPS) is 19.9. The molecule has 0 spiro atoms. The second kappa shape index (κ2) is 5.70. The van der Waals surface area contributed by atoms with Crippen molar-refractivity contribution < 1.29 is 4.74 Å². The smallest absolute Gasteiger partial charge is 0.203 e. The first-order valence-corrected chi connectivity index (χ1v) is 5.87. The number of allylic oxidation sites excluding steroid dienone is 1. The Hall–Kier alpha value is -1.29. The van der Waals surface area contributed by atoms with E-state index in [-0.39, 0.29) is 0 Å². The third-order valence-electron chi connectivity index (χ3n) is 2.81. The molecule has 0 saturated carbocycles. The molecule has 1 unspecified atom stereocenters. The summed E-state index contributed by atoms with van der Waals surface area (Å²) in [6.45, 7) is 6.36. The number of hydrogen-bond donors (Lipinski definition) is 1. The predicted octanol–water partition coefficient (Wildman–Crippen LogP) is 2.05. The highest BCUT2D eigenvalue weighted by Crippen LogP contribution is 2.15. The zero-order chi connectivity index (χ0) is 11.2. The summed E-state index contributed by atoms with van der Waals surface area (Å²) >= 11 is 0. The van der Waals surface area contributed by atoms with Gasteiger partial charge in [0.2, 0.25) is 5.95 Å². The van der Waals surface area contributed by atoms with Crippen molar-refractivity contribution >= 4 is 5.95 Å². The van der Waals surface area contributed by atoms with Crippen LogP contribution in [0.15, 0.2) is 25.0 Å². The molecule has 1 aromatic heterocycles. The Balaban J connectivity index is 1.75. The molecule has 1 saturated heterocycles. The quantitative estimate of drug-likeness (QED) is 0.747. The fourth-order valence-electron chi connectivity index (χ4n) is 1.98. The summed E-state index contributed by atoms with van der Waals surface area (Å²) < 4.78 is 7.61. The van der Waals surface area contributed by atoms with Gasteiger partial charge < -0.3 is 14.6 Å². The second-order valence-corrected chi connectivity index (χ2v) is 4.04. The van der Waals surface area contributed by atoms with E-state index < -0.39 is 0 Å². The zero-order valence-electron chi connectivity index (χ0n) is 9.56. The topological polar surface area (TPSA) is 39.1 Å². The minimum atomic E-state index is 0.440. The van der Waals surface area contributed by atoms with Crippen molar-refractivity contribution in [1.82, 2.24) is 9.55 Å². The molecule has 1 aliphatic heterocycles.